The fourth-order valence-corrected chi connectivity index (χ4v) is 3.27. The van der Waals surface area contributed by atoms with Crippen LogP contribution in [0.15, 0.2) is 42.7 Å². The Morgan fingerprint density at radius 3 is 2.81 bits per heavy atom. The van der Waals surface area contributed by atoms with Crippen LogP contribution in [0, 0.1) is 6.92 Å². The van der Waals surface area contributed by atoms with Gasteiger partial charge in [-0.1, -0.05) is 12.1 Å². The highest BCUT2D eigenvalue weighted by Gasteiger charge is 2.20. The number of fused-ring (bicyclic) bond motifs is 1. The number of aromatic nitrogens is 2. The van der Waals surface area contributed by atoms with Crippen molar-refractivity contribution in [3.8, 4) is 28.3 Å². The molecule has 136 valence electrons. The van der Waals surface area contributed by atoms with Crippen molar-refractivity contribution in [3.63, 3.8) is 0 Å². The molecule has 27 heavy (non-hydrogen) atoms. The highest BCUT2D eigenvalue weighted by molar-refractivity contribution is 5.96. The Bertz CT molecular complexity index is 1080. The Morgan fingerprint density at radius 1 is 1.26 bits per heavy atom. The summed E-state index contributed by atoms with van der Waals surface area (Å²) in [5.41, 5.74) is 10.9. The van der Waals surface area contributed by atoms with Gasteiger partial charge in [-0.05, 0) is 36.8 Å². The molecule has 0 saturated carbocycles. The zero-order valence-electron chi connectivity index (χ0n) is 14.9. The number of nitrogens with two attached hydrogens (primary N) is 1. The highest BCUT2D eigenvalue weighted by Crippen LogP contribution is 2.37. The van der Waals surface area contributed by atoms with E-state index in [1.807, 2.05) is 42.8 Å². The first kappa shape index (κ1) is 16.8. The van der Waals surface area contributed by atoms with Crippen LogP contribution in [0.4, 0.5) is 5.69 Å². The number of benzene rings is 2. The first-order chi connectivity index (χ1) is 12.9. The Labute approximate surface area is 155 Å². The third-order valence-corrected chi connectivity index (χ3v) is 4.59. The van der Waals surface area contributed by atoms with E-state index < -0.39 is 5.91 Å². The van der Waals surface area contributed by atoms with E-state index >= 15 is 0 Å². The molecule has 7 nitrogen and oxygen atoms in total. The molecule has 0 saturated heterocycles. The summed E-state index contributed by atoms with van der Waals surface area (Å²) in [6, 6.07) is 11.0. The van der Waals surface area contributed by atoms with Gasteiger partial charge in [0.1, 0.15) is 5.75 Å². The standard InChI is InChI=1S/C20H18N4O3/c1-11-7-13(20(21)26)3-5-14(11)18-19(24(2)10-22-18)12-4-6-15-16(8-12)27-9-17(25)23-15/h3-8,10H,9H2,1-2H3,(H2,21,26)(H,23,25). The van der Waals surface area contributed by atoms with Crippen molar-refractivity contribution < 1.29 is 14.3 Å². The van der Waals surface area contributed by atoms with Crippen molar-refractivity contribution in [2.45, 2.75) is 6.92 Å². The van der Waals surface area contributed by atoms with Gasteiger partial charge in [0.15, 0.2) is 6.61 Å². The minimum Gasteiger partial charge on any atom is -0.482 e. The summed E-state index contributed by atoms with van der Waals surface area (Å²) in [4.78, 5) is 27.4. The second-order valence-corrected chi connectivity index (χ2v) is 6.49. The van der Waals surface area contributed by atoms with Crippen LogP contribution in [0.5, 0.6) is 5.75 Å². The van der Waals surface area contributed by atoms with Crippen molar-refractivity contribution in [2.75, 3.05) is 11.9 Å². The van der Waals surface area contributed by atoms with Gasteiger partial charge in [0.2, 0.25) is 5.91 Å². The van der Waals surface area contributed by atoms with E-state index in [0.29, 0.717) is 17.0 Å². The molecule has 1 aliphatic rings. The second kappa shape index (κ2) is 6.28. The molecule has 0 bridgehead atoms. The van der Waals surface area contributed by atoms with E-state index in [-0.39, 0.29) is 12.5 Å². The van der Waals surface area contributed by atoms with Gasteiger partial charge < -0.3 is 20.4 Å². The molecule has 0 fully saturated rings. The molecular weight excluding hydrogens is 344 g/mol. The Balaban J connectivity index is 1.82. The number of ether oxygens (including phenoxy) is 1. The predicted molar refractivity (Wildman–Crippen MR) is 101 cm³/mol. The van der Waals surface area contributed by atoms with Crippen molar-refractivity contribution in [3.05, 3.63) is 53.9 Å². The molecule has 0 spiro atoms. The zero-order chi connectivity index (χ0) is 19.1. The number of primary amides is 1. The minimum atomic E-state index is -0.459. The number of amides is 2. The lowest BCUT2D eigenvalue weighted by Gasteiger charge is -2.19. The Morgan fingerprint density at radius 2 is 2.07 bits per heavy atom. The Hall–Kier alpha value is -3.61. The van der Waals surface area contributed by atoms with Crippen molar-refractivity contribution in [1.82, 2.24) is 9.55 Å². The number of carbonyl (C=O) groups is 2. The number of aryl methyl sites for hydroxylation is 2. The van der Waals surface area contributed by atoms with E-state index in [9.17, 15) is 9.59 Å². The summed E-state index contributed by atoms with van der Waals surface area (Å²) in [5.74, 6) is 0.00136. The summed E-state index contributed by atoms with van der Waals surface area (Å²) >= 11 is 0. The molecule has 3 aromatic rings. The largest absolute Gasteiger partial charge is 0.482 e. The number of nitrogens with one attached hydrogen (secondary N) is 1. The quantitative estimate of drug-likeness (QED) is 0.748. The van der Waals surface area contributed by atoms with E-state index in [1.165, 1.54) is 0 Å². The molecule has 0 aliphatic carbocycles. The molecule has 1 aliphatic heterocycles. The molecule has 7 heteroatoms. The number of carbonyl (C=O) groups excluding carboxylic acids is 2. The average Bonchev–Trinajstić information content (AvgIpc) is 3.02. The molecule has 3 N–H and O–H groups in total. The van der Waals surface area contributed by atoms with Gasteiger partial charge in [-0.2, -0.15) is 0 Å². The molecule has 2 aromatic carbocycles. The molecule has 2 amide bonds. The van der Waals surface area contributed by atoms with Gasteiger partial charge in [-0.3, -0.25) is 9.59 Å². The third-order valence-electron chi connectivity index (χ3n) is 4.59. The van der Waals surface area contributed by atoms with E-state index in [0.717, 1.165) is 28.1 Å². The maximum atomic E-state index is 11.5. The summed E-state index contributed by atoms with van der Waals surface area (Å²) in [7, 11) is 1.92. The molecule has 0 atom stereocenters. The SMILES string of the molecule is Cc1cc(C(N)=O)ccc1-c1ncn(C)c1-c1ccc2c(c1)OCC(=O)N2. The van der Waals surface area contributed by atoms with E-state index in [4.69, 9.17) is 10.5 Å². The third kappa shape index (κ3) is 2.93. The van der Waals surface area contributed by atoms with Gasteiger partial charge in [0, 0.05) is 23.7 Å². The van der Waals surface area contributed by atoms with Gasteiger partial charge >= 0.3 is 0 Å². The molecule has 1 aromatic heterocycles. The molecule has 2 heterocycles. The topological polar surface area (TPSA) is 99.2 Å². The van der Waals surface area contributed by atoms with Gasteiger partial charge in [0.25, 0.3) is 5.91 Å². The van der Waals surface area contributed by atoms with Gasteiger partial charge in [0.05, 0.1) is 23.4 Å². The van der Waals surface area contributed by atoms with Crippen LogP contribution in [0.25, 0.3) is 22.5 Å². The monoisotopic (exact) mass is 362 g/mol. The van der Waals surface area contributed by atoms with Crippen LogP contribution in [0.1, 0.15) is 15.9 Å². The molecule has 0 unspecified atom stereocenters. The fourth-order valence-electron chi connectivity index (χ4n) is 3.27. The number of anilines is 1. The van der Waals surface area contributed by atoms with Gasteiger partial charge in [-0.25, -0.2) is 4.98 Å². The predicted octanol–water partition coefficient (Wildman–Crippen LogP) is 2.49. The summed E-state index contributed by atoms with van der Waals surface area (Å²) in [6.45, 7) is 1.92. The number of imidazole rings is 1. The van der Waals surface area contributed by atoms with Crippen molar-refractivity contribution in [1.29, 1.82) is 0 Å². The van der Waals surface area contributed by atoms with E-state index in [1.54, 1.807) is 18.5 Å². The zero-order valence-corrected chi connectivity index (χ0v) is 14.9. The van der Waals surface area contributed by atoms with Crippen LogP contribution in [0.2, 0.25) is 0 Å². The van der Waals surface area contributed by atoms with Gasteiger partial charge in [-0.15, -0.1) is 0 Å². The van der Waals surface area contributed by atoms with Crippen LogP contribution in [-0.2, 0) is 11.8 Å². The van der Waals surface area contributed by atoms with Crippen molar-refractivity contribution >= 4 is 17.5 Å². The molecule has 4 rings (SSSR count). The fraction of sp³-hybridized carbons (Fsp3) is 0.150. The Kier molecular flexibility index (Phi) is 3.92. The lowest BCUT2D eigenvalue weighted by Crippen LogP contribution is -2.25. The van der Waals surface area contributed by atoms with Crippen LogP contribution in [0.3, 0.4) is 0 Å². The average molecular weight is 362 g/mol. The summed E-state index contributed by atoms with van der Waals surface area (Å²) in [5, 5.41) is 2.79. The second-order valence-electron chi connectivity index (χ2n) is 6.49. The number of rotatable bonds is 3. The number of hydrogen-bond donors (Lipinski definition) is 2. The normalized spacial score (nSPS) is 12.9. The first-order valence-corrected chi connectivity index (χ1v) is 8.43. The highest BCUT2D eigenvalue weighted by atomic mass is 16.5. The van der Waals surface area contributed by atoms with E-state index in [2.05, 4.69) is 10.3 Å². The lowest BCUT2D eigenvalue weighted by molar-refractivity contribution is -0.118. The summed E-state index contributed by atoms with van der Waals surface area (Å²) in [6.07, 6.45) is 1.74. The van der Waals surface area contributed by atoms with Crippen LogP contribution >= 0.6 is 0 Å². The smallest absolute Gasteiger partial charge is 0.262 e. The lowest BCUT2D eigenvalue weighted by atomic mass is 9.98. The minimum absolute atomic E-state index is 0.00237. The number of hydrogen-bond acceptors (Lipinski definition) is 4. The maximum absolute atomic E-state index is 11.5. The summed E-state index contributed by atoms with van der Waals surface area (Å²) < 4.78 is 7.46. The maximum Gasteiger partial charge on any atom is 0.262 e. The van der Waals surface area contributed by atoms with Crippen LogP contribution in [-0.4, -0.2) is 28.0 Å². The van der Waals surface area contributed by atoms with Crippen molar-refractivity contribution in [2.24, 2.45) is 12.8 Å². The number of nitrogens with zero attached hydrogens (tertiary/aromatic N) is 2. The molecular formula is C20H18N4O3. The molecule has 0 radical (unpaired) electrons. The first-order valence-electron chi connectivity index (χ1n) is 8.43. The van der Waals surface area contributed by atoms with Crippen LogP contribution < -0.4 is 15.8 Å².